The molecule has 0 aliphatic carbocycles. The molecule has 0 unspecified atom stereocenters. The van der Waals surface area contributed by atoms with Gasteiger partial charge in [-0.25, -0.2) is 0 Å². The molecule has 0 aliphatic heterocycles. The number of hydrogen-bond acceptors (Lipinski definition) is 5. The van der Waals surface area contributed by atoms with Crippen molar-refractivity contribution in [1.82, 2.24) is 0 Å². The molecule has 18 heavy (non-hydrogen) atoms. The van der Waals surface area contributed by atoms with Crippen LogP contribution in [0.3, 0.4) is 0 Å². The number of nitrogen functional groups attached to an aromatic ring is 1. The number of nitrogens with two attached hydrogens (primary N) is 1. The molecule has 0 atom stereocenters. The summed E-state index contributed by atoms with van der Waals surface area (Å²) < 4.78 is 0. The number of nitro benzene ring substituents is 1. The molecule has 0 saturated heterocycles. The zero-order valence-electron chi connectivity index (χ0n) is 9.25. The van der Waals surface area contributed by atoms with Crippen molar-refractivity contribution in [2.75, 3.05) is 11.1 Å². The first-order valence-corrected chi connectivity index (χ1v) is 4.95. The van der Waals surface area contributed by atoms with Crippen LogP contribution in [0.2, 0.25) is 0 Å². The maximum absolute atomic E-state index is 11.3. The standard InChI is InChI=1S/C10H11N3O5/c11-7-2-1-6(5-8(7)13(17)18)12-9(14)3-4-10(15)16/h1-2,5H,3-4,11H2,(H,12,14)(H,15,16). The minimum absolute atomic E-state index is 0.0106. The first kappa shape index (κ1) is 13.4. The first-order valence-electron chi connectivity index (χ1n) is 4.95. The molecule has 0 fully saturated rings. The molecule has 1 amide bonds. The van der Waals surface area contributed by atoms with Crippen molar-refractivity contribution in [1.29, 1.82) is 0 Å². The summed E-state index contributed by atoms with van der Waals surface area (Å²) in [5, 5.41) is 21.4. The van der Waals surface area contributed by atoms with Crippen LogP contribution in [0.25, 0.3) is 0 Å². The number of anilines is 2. The molecule has 1 rings (SSSR count). The van der Waals surface area contributed by atoms with E-state index in [4.69, 9.17) is 10.8 Å². The van der Waals surface area contributed by atoms with E-state index in [0.29, 0.717) is 0 Å². The van der Waals surface area contributed by atoms with Gasteiger partial charge in [0, 0.05) is 18.2 Å². The van der Waals surface area contributed by atoms with E-state index in [1.807, 2.05) is 0 Å². The van der Waals surface area contributed by atoms with Crippen molar-refractivity contribution in [3.63, 3.8) is 0 Å². The lowest BCUT2D eigenvalue weighted by Crippen LogP contribution is -2.13. The van der Waals surface area contributed by atoms with Crippen molar-refractivity contribution in [2.45, 2.75) is 12.8 Å². The lowest BCUT2D eigenvalue weighted by atomic mass is 10.2. The summed E-state index contributed by atoms with van der Waals surface area (Å²) in [6, 6.07) is 3.82. The first-order chi connectivity index (χ1) is 8.40. The number of amides is 1. The molecule has 8 heteroatoms. The quantitative estimate of drug-likeness (QED) is 0.406. The van der Waals surface area contributed by atoms with E-state index in [1.165, 1.54) is 12.1 Å². The molecule has 4 N–H and O–H groups in total. The second-order valence-electron chi connectivity index (χ2n) is 3.47. The number of nitrogens with one attached hydrogen (secondary N) is 1. The van der Waals surface area contributed by atoms with Crippen LogP contribution in [0.15, 0.2) is 18.2 Å². The van der Waals surface area contributed by atoms with Gasteiger partial charge in [0.05, 0.1) is 11.3 Å². The number of carbonyl (C=O) groups excluding carboxylic acids is 1. The van der Waals surface area contributed by atoms with Gasteiger partial charge in [0.2, 0.25) is 5.91 Å². The van der Waals surface area contributed by atoms with Crippen LogP contribution in [-0.4, -0.2) is 21.9 Å². The minimum atomic E-state index is -1.09. The Labute approximate surface area is 102 Å². The Morgan fingerprint density at radius 1 is 1.39 bits per heavy atom. The number of carbonyl (C=O) groups is 2. The second kappa shape index (κ2) is 5.62. The van der Waals surface area contributed by atoms with E-state index in [1.54, 1.807) is 0 Å². The summed E-state index contributed by atoms with van der Waals surface area (Å²) >= 11 is 0. The number of rotatable bonds is 5. The Bertz CT molecular complexity index is 500. The number of hydrogen-bond donors (Lipinski definition) is 3. The maximum atomic E-state index is 11.3. The van der Waals surface area contributed by atoms with E-state index >= 15 is 0 Å². The topological polar surface area (TPSA) is 136 Å². The zero-order chi connectivity index (χ0) is 13.7. The van der Waals surface area contributed by atoms with Crippen molar-refractivity contribution in [3.8, 4) is 0 Å². The maximum Gasteiger partial charge on any atom is 0.303 e. The Morgan fingerprint density at radius 2 is 2.06 bits per heavy atom. The van der Waals surface area contributed by atoms with Crippen LogP contribution in [0, 0.1) is 10.1 Å². The van der Waals surface area contributed by atoms with Gasteiger partial charge in [0.1, 0.15) is 5.69 Å². The molecule has 0 heterocycles. The fourth-order valence-corrected chi connectivity index (χ4v) is 1.22. The molecular formula is C10H11N3O5. The summed E-state index contributed by atoms with van der Waals surface area (Å²) in [5.41, 5.74) is 5.26. The van der Waals surface area contributed by atoms with E-state index in [0.717, 1.165) is 6.07 Å². The minimum Gasteiger partial charge on any atom is -0.481 e. The van der Waals surface area contributed by atoms with Crippen molar-refractivity contribution >= 4 is 28.9 Å². The number of carboxylic acids is 1. The molecule has 1 aromatic rings. The Morgan fingerprint density at radius 3 is 2.61 bits per heavy atom. The summed E-state index contributed by atoms with van der Waals surface area (Å²) in [5.74, 6) is -1.62. The van der Waals surface area contributed by atoms with Crippen molar-refractivity contribution in [3.05, 3.63) is 28.3 Å². The van der Waals surface area contributed by atoms with Gasteiger partial charge >= 0.3 is 5.97 Å². The SMILES string of the molecule is Nc1ccc(NC(=O)CCC(=O)O)cc1[N+](=O)[O-]. The van der Waals surface area contributed by atoms with E-state index in [-0.39, 0.29) is 29.9 Å². The molecule has 0 radical (unpaired) electrons. The highest BCUT2D eigenvalue weighted by molar-refractivity contribution is 5.93. The summed E-state index contributed by atoms with van der Waals surface area (Å²) in [7, 11) is 0. The van der Waals surface area contributed by atoms with Gasteiger partial charge in [-0.2, -0.15) is 0 Å². The van der Waals surface area contributed by atoms with Crippen LogP contribution in [0.1, 0.15) is 12.8 Å². The molecule has 0 saturated carbocycles. The highest BCUT2D eigenvalue weighted by Gasteiger charge is 2.13. The molecule has 1 aromatic carbocycles. The van der Waals surface area contributed by atoms with Gasteiger partial charge in [0.15, 0.2) is 0 Å². The van der Waals surface area contributed by atoms with Crippen LogP contribution in [0.5, 0.6) is 0 Å². The van der Waals surface area contributed by atoms with Gasteiger partial charge in [-0.15, -0.1) is 0 Å². The molecule has 0 spiro atoms. The number of benzene rings is 1. The van der Waals surface area contributed by atoms with Crippen molar-refractivity contribution < 1.29 is 19.6 Å². The predicted octanol–water partition coefficient (Wildman–Crippen LogP) is 0.980. The molecule has 0 bridgehead atoms. The summed E-state index contributed by atoms with van der Waals surface area (Å²) in [4.78, 5) is 31.5. The van der Waals surface area contributed by atoms with Crippen molar-refractivity contribution in [2.24, 2.45) is 0 Å². The van der Waals surface area contributed by atoms with Crippen LogP contribution in [0.4, 0.5) is 17.1 Å². The number of aliphatic carboxylic acids is 1. The number of nitrogens with zero attached hydrogens (tertiary/aromatic N) is 1. The normalized spacial score (nSPS) is 9.78. The Hall–Kier alpha value is -2.64. The van der Waals surface area contributed by atoms with Gasteiger partial charge in [-0.3, -0.25) is 19.7 Å². The second-order valence-corrected chi connectivity index (χ2v) is 3.47. The van der Waals surface area contributed by atoms with E-state index in [9.17, 15) is 19.7 Å². The smallest absolute Gasteiger partial charge is 0.303 e. The monoisotopic (exact) mass is 253 g/mol. The highest BCUT2D eigenvalue weighted by Crippen LogP contribution is 2.25. The molecule has 0 aromatic heterocycles. The largest absolute Gasteiger partial charge is 0.481 e. The van der Waals surface area contributed by atoms with Crippen LogP contribution >= 0.6 is 0 Å². The lowest BCUT2D eigenvalue weighted by Gasteiger charge is -2.05. The third-order valence-corrected chi connectivity index (χ3v) is 2.08. The van der Waals surface area contributed by atoms with Gasteiger partial charge in [-0.05, 0) is 12.1 Å². The predicted molar refractivity (Wildman–Crippen MR) is 63.0 cm³/mol. The van der Waals surface area contributed by atoms with Gasteiger partial charge < -0.3 is 16.2 Å². The number of nitro groups is 1. The van der Waals surface area contributed by atoms with E-state index in [2.05, 4.69) is 5.32 Å². The third kappa shape index (κ3) is 3.74. The van der Waals surface area contributed by atoms with Crippen LogP contribution < -0.4 is 11.1 Å². The molecule has 0 aliphatic rings. The average Bonchev–Trinajstić information content (AvgIpc) is 2.28. The van der Waals surface area contributed by atoms with Crippen LogP contribution in [-0.2, 0) is 9.59 Å². The highest BCUT2D eigenvalue weighted by atomic mass is 16.6. The number of carboxylic acid groups (broad SMARTS) is 1. The summed E-state index contributed by atoms with van der Waals surface area (Å²) in [6.45, 7) is 0. The van der Waals surface area contributed by atoms with E-state index < -0.39 is 16.8 Å². The lowest BCUT2D eigenvalue weighted by molar-refractivity contribution is -0.383. The Balaban J connectivity index is 2.73. The summed E-state index contributed by atoms with van der Waals surface area (Å²) in [6.07, 6.45) is -0.504. The fourth-order valence-electron chi connectivity index (χ4n) is 1.22. The molecular weight excluding hydrogens is 242 g/mol. The molecule has 8 nitrogen and oxygen atoms in total. The zero-order valence-corrected chi connectivity index (χ0v) is 9.25. The Kier molecular flexibility index (Phi) is 4.19. The average molecular weight is 253 g/mol. The third-order valence-electron chi connectivity index (χ3n) is 2.08. The van der Waals surface area contributed by atoms with Gasteiger partial charge in [0.25, 0.3) is 5.69 Å². The van der Waals surface area contributed by atoms with Gasteiger partial charge in [-0.1, -0.05) is 0 Å². The fraction of sp³-hybridized carbons (Fsp3) is 0.200. The molecule has 96 valence electrons.